The molecular formula is C13H11BrF2OS. The van der Waals surface area contributed by atoms with Crippen LogP contribution in [-0.4, -0.2) is 7.11 Å². The van der Waals surface area contributed by atoms with Crippen LogP contribution in [0.4, 0.5) is 8.78 Å². The Labute approximate surface area is 117 Å². The number of ether oxygens (including phenoxy) is 1. The van der Waals surface area contributed by atoms with Crippen molar-refractivity contribution in [3.8, 4) is 5.75 Å². The molecule has 0 spiro atoms. The van der Waals surface area contributed by atoms with E-state index in [1.165, 1.54) is 23.5 Å². The molecular weight excluding hydrogens is 322 g/mol. The van der Waals surface area contributed by atoms with Gasteiger partial charge in [0.05, 0.1) is 11.9 Å². The first-order chi connectivity index (χ1) is 8.52. The molecule has 2 rings (SSSR count). The maximum Gasteiger partial charge on any atom is 0.129 e. The van der Waals surface area contributed by atoms with Crippen molar-refractivity contribution in [2.75, 3.05) is 7.11 Å². The quantitative estimate of drug-likeness (QED) is 0.731. The normalized spacial score (nSPS) is 12.5. The third-order valence-electron chi connectivity index (χ3n) is 2.63. The van der Waals surface area contributed by atoms with E-state index in [1.807, 2.05) is 5.38 Å². The molecule has 0 N–H and O–H groups in total. The van der Waals surface area contributed by atoms with E-state index in [4.69, 9.17) is 4.74 Å². The van der Waals surface area contributed by atoms with Gasteiger partial charge in [0.2, 0.25) is 0 Å². The Morgan fingerprint density at radius 3 is 2.56 bits per heavy atom. The number of methoxy groups -OCH3 is 1. The summed E-state index contributed by atoms with van der Waals surface area (Å²) in [6.45, 7) is 1.54. The van der Waals surface area contributed by atoms with Crippen LogP contribution in [0.15, 0.2) is 23.6 Å². The zero-order valence-electron chi connectivity index (χ0n) is 9.84. The Bertz CT molecular complexity index is 568. The number of thiophene rings is 1. The number of alkyl halides is 1. The van der Waals surface area contributed by atoms with Crippen LogP contribution in [0.2, 0.25) is 0 Å². The summed E-state index contributed by atoms with van der Waals surface area (Å²) in [4.78, 5) is 0.496. The predicted molar refractivity (Wildman–Crippen MR) is 72.7 cm³/mol. The van der Waals surface area contributed by atoms with Gasteiger partial charge in [-0.3, -0.25) is 0 Å². The van der Waals surface area contributed by atoms with Gasteiger partial charge in [0.25, 0.3) is 0 Å². The van der Waals surface area contributed by atoms with Crippen molar-refractivity contribution < 1.29 is 13.5 Å². The van der Waals surface area contributed by atoms with Gasteiger partial charge in [-0.1, -0.05) is 15.9 Å². The lowest BCUT2D eigenvalue weighted by atomic mass is 10.1. The molecule has 1 aromatic carbocycles. The van der Waals surface area contributed by atoms with Gasteiger partial charge in [-0.05, 0) is 30.7 Å². The summed E-state index contributed by atoms with van der Waals surface area (Å²) in [6, 6.07) is 4.25. The van der Waals surface area contributed by atoms with Gasteiger partial charge in [-0.2, -0.15) is 0 Å². The fourth-order valence-electron chi connectivity index (χ4n) is 1.58. The van der Waals surface area contributed by atoms with Crippen LogP contribution in [0.3, 0.4) is 0 Å². The van der Waals surface area contributed by atoms with Crippen molar-refractivity contribution in [1.29, 1.82) is 0 Å². The highest BCUT2D eigenvalue weighted by atomic mass is 79.9. The van der Waals surface area contributed by atoms with Gasteiger partial charge in [0.1, 0.15) is 17.4 Å². The van der Waals surface area contributed by atoms with Gasteiger partial charge in [-0.25, -0.2) is 8.78 Å². The van der Waals surface area contributed by atoms with E-state index < -0.39 is 11.6 Å². The summed E-state index contributed by atoms with van der Waals surface area (Å²) in [5.74, 6) is -0.102. The monoisotopic (exact) mass is 332 g/mol. The molecule has 1 heterocycles. The molecule has 5 heteroatoms. The minimum atomic E-state index is -0.414. The van der Waals surface area contributed by atoms with Gasteiger partial charge in [0, 0.05) is 15.8 Å². The zero-order valence-corrected chi connectivity index (χ0v) is 12.2. The molecule has 0 aliphatic carbocycles. The molecule has 18 heavy (non-hydrogen) atoms. The van der Waals surface area contributed by atoms with E-state index in [-0.39, 0.29) is 4.83 Å². The molecule has 1 atom stereocenters. The maximum atomic E-state index is 13.8. The minimum Gasteiger partial charge on any atom is -0.496 e. The third kappa shape index (κ3) is 2.57. The fraction of sp³-hybridized carbons (Fsp3) is 0.231. The van der Waals surface area contributed by atoms with Crippen molar-refractivity contribution in [2.24, 2.45) is 0 Å². The number of halogens is 3. The molecule has 96 valence electrons. The number of hydrogen-bond donors (Lipinski definition) is 0. The molecule has 1 nitrogen and oxygen atoms in total. The summed E-state index contributed by atoms with van der Waals surface area (Å²) >= 11 is 4.83. The highest BCUT2D eigenvalue weighted by molar-refractivity contribution is 9.09. The number of aryl methyl sites for hydroxylation is 1. The molecule has 0 amide bonds. The summed E-state index contributed by atoms with van der Waals surface area (Å²) in [7, 11) is 1.57. The van der Waals surface area contributed by atoms with E-state index in [1.54, 1.807) is 20.1 Å². The van der Waals surface area contributed by atoms with E-state index >= 15 is 0 Å². The molecule has 1 unspecified atom stereocenters. The lowest BCUT2D eigenvalue weighted by Crippen LogP contribution is -1.97. The Kier molecular flexibility index (Phi) is 4.02. The highest BCUT2D eigenvalue weighted by Crippen LogP contribution is 2.38. The van der Waals surface area contributed by atoms with Gasteiger partial charge in [0.15, 0.2) is 0 Å². The summed E-state index contributed by atoms with van der Waals surface area (Å²) < 4.78 is 32.4. The van der Waals surface area contributed by atoms with Gasteiger partial charge < -0.3 is 4.74 Å². The molecule has 0 saturated heterocycles. The Hall–Kier alpha value is -0.940. The first-order valence-corrected chi connectivity index (χ1v) is 7.04. The van der Waals surface area contributed by atoms with E-state index in [0.29, 0.717) is 16.9 Å². The summed E-state index contributed by atoms with van der Waals surface area (Å²) in [5.41, 5.74) is 0.599. The van der Waals surface area contributed by atoms with E-state index in [0.717, 1.165) is 4.88 Å². The van der Waals surface area contributed by atoms with Gasteiger partial charge in [-0.15, -0.1) is 11.3 Å². The number of hydrogen-bond acceptors (Lipinski definition) is 2. The maximum absolute atomic E-state index is 13.8. The van der Waals surface area contributed by atoms with Crippen LogP contribution >= 0.6 is 27.3 Å². The topological polar surface area (TPSA) is 9.23 Å². The zero-order chi connectivity index (χ0) is 13.3. The second-order valence-electron chi connectivity index (χ2n) is 3.87. The average Bonchev–Trinajstić information content (AvgIpc) is 2.81. The van der Waals surface area contributed by atoms with Crippen molar-refractivity contribution in [2.45, 2.75) is 11.8 Å². The largest absolute Gasteiger partial charge is 0.496 e. The SMILES string of the molecule is COc1csc(C(Br)c2cc(F)c(C)cc2F)c1. The standard InChI is InChI=1S/C13H11BrF2OS/c1-7-3-11(16)9(5-10(7)15)13(14)12-4-8(17-2)6-18-12/h3-6,13H,1-2H3. The van der Waals surface area contributed by atoms with Crippen molar-refractivity contribution in [1.82, 2.24) is 0 Å². The predicted octanol–water partition coefficient (Wildman–Crippen LogP) is 4.83. The van der Waals surface area contributed by atoms with Crippen LogP contribution in [0, 0.1) is 18.6 Å². The van der Waals surface area contributed by atoms with Crippen LogP contribution in [0.1, 0.15) is 20.8 Å². The van der Waals surface area contributed by atoms with Crippen molar-refractivity contribution in [3.63, 3.8) is 0 Å². The van der Waals surface area contributed by atoms with Crippen LogP contribution in [0.5, 0.6) is 5.75 Å². The average molecular weight is 333 g/mol. The molecule has 0 aliphatic rings. The van der Waals surface area contributed by atoms with Crippen LogP contribution in [0.25, 0.3) is 0 Å². The number of benzene rings is 1. The molecule has 2 aromatic rings. The first kappa shape index (κ1) is 13.5. The molecule has 0 radical (unpaired) electrons. The molecule has 1 aromatic heterocycles. The number of rotatable bonds is 3. The molecule has 0 aliphatic heterocycles. The second kappa shape index (κ2) is 5.36. The van der Waals surface area contributed by atoms with E-state index in [2.05, 4.69) is 15.9 Å². The first-order valence-electron chi connectivity index (χ1n) is 5.25. The van der Waals surface area contributed by atoms with Crippen LogP contribution < -0.4 is 4.74 Å². The summed E-state index contributed by atoms with van der Waals surface area (Å²) in [6.07, 6.45) is 0. The van der Waals surface area contributed by atoms with Crippen molar-refractivity contribution >= 4 is 27.3 Å². The Morgan fingerprint density at radius 2 is 1.94 bits per heavy atom. The van der Waals surface area contributed by atoms with E-state index in [9.17, 15) is 8.78 Å². The molecule has 0 fully saturated rings. The smallest absolute Gasteiger partial charge is 0.129 e. The summed E-state index contributed by atoms with van der Waals surface area (Å²) in [5, 5.41) is 1.83. The third-order valence-corrected chi connectivity index (χ3v) is 4.90. The minimum absolute atomic E-state index is 0.294. The Morgan fingerprint density at radius 1 is 1.22 bits per heavy atom. The lowest BCUT2D eigenvalue weighted by molar-refractivity contribution is 0.416. The van der Waals surface area contributed by atoms with Gasteiger partial charge >= 0.3 is 0 Å². The Balaban J connectivity index is 2.39. The molecule has 0 bridgehead atoms. The lowest BCUT2D eigenvalue weighted by Gasteiger charge is -2.10. The highest BCUT2D eigenvalue weighted by Gasteiger charge is 2.19. The van der Waals surface area contributed by atoms with Crippen molar-refractivity contribution in [3.05, 3.63) is 51.2 Å². The molecule has 0 saturated carbocycles. The second-order valence-corrected chi connectivity index (χ2v) is 5.73. The van der Waals surface area contributed by atoms with Crippen LogP contribution in [-0.2, 0) is 0 Å². The fourth-order valence-corrected chi connectivity index (χ4v) is 3.24.